The highest BCUT2D eigenvalue weighted by atomic mass is 16.4. The second kappa shape index (κ2) is 5.22. The fraction of sp³-hybridized carbons (Fsp3) is 0.353. The number of hydrogen-bond donors (Lipinski definition) is 1. The van der Waals surface area contributed by atoms with Crippen molar-refractivity contribution < 1.29 is 14.3 Å². The van der Waals surface area contributed by atoms with Crippen molar-refractivity contribution in [1.82, 2.24) is 9.97 Å². The highest BCUT2D eigenvalue weighted by Crippen LogP contribution is 2.35. The molecule has 1 saturated heterocycles. The van der Waals surface area contributed by atoms with Gasteiger partial charge in [-0.15, -0.1) is 0 Å². The highest BCUT2D eigenvalue weighted by Gasteiger charge is 2.34. The van der Waals surface area contributed by atoms with Crippen LogP contribution in [0.15, 0.2) is 28.7 Å². The molecule has 6 nitrogen and oxygen atoms in total. The third-order valence-electron chi connectivity index (χ3n) is 4.37. The van der Waals surface area contributed by atoms with Crippen molar-refractivity contribution in [3.8, 4) is 0 Å². The SMILES string of the molecule is CCc1nc(N2CCC[C@H]2C(=O)O)c2oc3ccccc3c2n1. The summed E-state index contributed by atoms with van der Waals surface area (Å²) in [6, 6.07) is 7.17. The van der Waals surface area contributed by atoms with Crippen LogP contribution < -0.4 is 4.90 Å². The molecule has 2 aromatic heterocycles. The van der Waals surface area contributed by atoms with Crippen LogP contribution in [-0.4, -0.2) is 33.6 Å². The van der Waals surface area contributed by atoms with E-state index in [1.54, 1.807) is 0 Å². The zero-order valence-electron chi connectivity index (χ0n) is 12.8. The lowest BCUT2D eigenvalue weighted by atomic mass is 10.2. The maximum atomic E-state index is 11.5. The number of furan rings is 1. The van der Waals surface area contributed by atoms with E-state index in [1.165, 1.54) is 0 Å². The van der Waals surface area contributed by atoms with Gasteiger partial charge in [-0.25, -0.2) is 14.8 Å². The Bertz CT molecular complexity index is 903. The van der Waals surface area contributed by atoms with Crippen LogP contribution in [0.1, 0.15) is 25.6 Å². The van der Waals surface area contributed by atoms with E-state index in [0.717, 1.165) is 22.9 Å². The van der Waals surface area contributed by atoms with E-state index in [4.69, 9.17) is 4.42 Å². The Morgan fingerprint density at radius 3 is 3.00 bits per heavy atom. The van der Waals surface area contributed by atoms with Crippen LogP contribution >= 0.6 is 0 Å². The zero-order chi connectivity index (χ0) is 16.0. The summed E-state index contributed by atoms with van der Waals surface area (Å²) in [5, 5.41) is 10.4. The van der Waals surface area contributed by atoms with Gasteiger partial charge in [0.15, 0.2) is 11.4 Å². The maximum Gasteiger partial charge on any atom is 0.326 e. The van der Waals surface area contributed by atoms with Gasteiger partial charge in [0, 0.05) is 18.4 Å². The van der Waals surface area contributed by atoms with E-state index in [1.807, 2.05) is 36.1 Å². The van der Waals surface area contributed by atoms with Crippen molar-refractivity contribution in [2.45, 2.75) is 32.2 Å². The van der Waals surface area contributed by atoms with E-state index in [9.17, 15) is 9.90 Å². The minimum atomic E-state index is -0.816. The van der Waals surface area contributed by atoms with Crippen molar-refractivity contribution in [2.75, 3.05) is 11.4 Å². The van der Waals surface area contributed by atoms with Crippen LogP contribution in [0, 0.1) is 0 Å². The number of carboxylic acids is 1. The van der Waals surface area contributed by atoms with Gasteiger partial charge in [0.2, 0.25) is 0 Å². The Balaban J connectivity index is 1.99. The zero-order valence-corrected chi connectivity index (χ0v) is 12.8. The van der Waals surface area contributed by atoms with Gasteiger partial charge in [0.05, 0.1) is 0 Å². The minimum Gasteiger partial charge on any atom is -0.480 e. The number of aliphatic carboxylic acids is 1. The first-order chi connectivity index (χ1) is 11.2. The van der Waals surface area contributed by atoms with Crippen LogP contribution in [-0.2, 0) is 11.2 Å². The normalized spacial score (nSPS) is 18.1. The lowest BCUT2D eigenvalue weighted by molar-refractivity contribution is -0.138. The molecule has 118 valence electrons. The molecule has 1 atom stereocenters. The number of aryl methyl sites for hydroxylation is 1. The number of nitrogens with zero attached hydrogens (tertiary/aromatic N) is 3. The topological polar surface area (TPSA) is 79.5 Å². The van der Waals surface area contributed by atoms with Crippen LogP contribution in [0.4, 0.5) is 5.82 Å². The molecule has 0 aliphatic carbocycles. The fourth-order valence-electron chi connectivity index (χ4n) is 3.25. The maximum absolute atomic E-state index is 11.5. The van der Waals surface area contributed by atoms with E-state index < -0.39 is 12.0 Å². The van der Waals surface area contributed by atoms with Crippen LogP contribution in [0.2, 0.25) is 0 Å². The predicted molar refractivity (Wildman–Crippen MR) is 86.7 cm³/mol. The molecule has 6 heteroatoms. The number of anilines is 1. The molecule has 0 spiro atoms. The molecule has 1 aliphatic heterocycles. The number of carbonyl (C=O) groups is 1. The summed E-state index contributed by atoms with van der Waals surface area (Å²) in [5.74, 6) is 0.492. The number of aromatic nitrogens is 2. The molecule has 1 aromatic carbocycles. The van der Waals surface area contributed by atoms with Gasteiger partial charge in [-0.1, -0.05) is 19.1 Å². The monoisotopic (exact) mass is 311 g/mol. The second-order valence-electron chi connectivity index (χ2n) is 5.78. The standard InChI is InChI=1S/C17H17N3O3/c1-2-13-18-14-10-6-3-4-8-12(10)23-15(14)16(19-13)20-9-5-7-11(20)17(21)22/h3-4,6,8,11H,2,5,7,9H2,1H3,(H,21,22)/t11-/m0/s1. The molecule has 1 aliphatic rings. The summed E-state index contributed by atoms with van der Waals surface area (Å²) in [5.41, 5.74) is 2.09. The minimum absolute atomic E-state index is 0.550. The van der Waals surface area contributed by atoms with Gasteiger partial charge in [0.25, 0.3) is 0 Å². The Kier molecular flexibility index (Phi) is 3.18. The Labute approximate surface area is 132 Å². The first kappa shape index (κ1) is 14.0. The second-order valence-corrected chi connectivity index (χ2v) is 5.78. The summed E-state index contributed by atoms with van der Waals surface area (Å²) in [6.45, 7) is 2.66. The first-order valence-corrected chi connectivity index (χ1v) is 7.86. The van der Waals surface area contributed by atoms with Gasteiger partial charge in [0.1, 0.15) is 23.0 Å². The molecule has 0 radical (unpaired) electrons. The average Bonchev–Trinajstić information content (AvgIpc) is 3.18. The quantitative estimate of drug-likeness (QED) is 0.801. The summed E-state index contributed by atoms with van der Waals surface area (Å²) in [6.07, 6.45) is 2.15. The molecule has 4 rings (SSSR count). The molecule has 23 heavy (non-hydrogen) atoms. The molecule has 3 aromatic rings. The molecule has 0 unspecified atom stereocenters. The number of rotatable bonds is 3. The lowest BCUT2D eigenvalue weighted by Gasteiger charge is -2.22. The molecule has 0 amide bonds. The fourth-order valence-corrected chi connectivity index (χ4v) is 3.25. The third kappa shape index (κ3) is 2.13. The summed E-state index contributed by atoms with van der Waals surface area (Å²) in [7, 11) is 0. The molecule has 1 N–H and O–H groups in total. The van der Waals surface area contributed by atoms with Gasteiger partial charge < -0.3 is 14.4 Å². The Morgan fingerprint density at radius 2 is 2.22 bits per heavy atom. The Morgan fingerprint density at radius 1 is 1.39 bits per heavy atom. The van der Waals surface area contributed by atoms with Crippen LogP contribution in [0.25, 0.3) is 22.1 Å². The molecule has 3 heterocycles. The molecular formula is C17H17N3O3. The molecule has 0 bridgehead atoms. The molecular weight excluding hydrogens is 294 g/mol. The average molecular weight is 311 g/mol. The largest absolute Gasteiger partial charge is 0.480 e. The number of fused-ring (bicyclic) bond motifs is 3. The van der Waals surface area contributed by atoms with Gasteiger partial charge >= 0.3 is 5.97 Å². The van der Waals surface area contributed by atoms with Crippen molar-refractivity contribution in [1.29, 1.82) is 0 Å². The molecule has 1 fully saturated rings. The van der Waals surface area contributed by atoms with Crippen molar-refractivity contribution in [2.24, 2.45) is 0 Å². The molecule has 0 saturated carbocycles. The predicted octanol–water partition coefficient (Wildman–Crippen LogP) is 2.99. The van der Waals surface area contributed by atoms with Gasteiger partial charge in [-0.2, -0.15) is 0 Å². The van der Waals surface area contributed by atoms with Gasteiger partial charge in [-0.3, -0.25) is 0 Å². The third-order valence-corrected chi connectivity index (χ3v) is 4.37. The summed E-state index contributed by atoms with van der Waals surface area (Å²) >= 11 is 0. The van der Waals surface area contributed by atoms with Gasteiger partial charge in [-0.05, 0) is 25.0 Å². The summed E-state index contributed by atoms with van der Waals surface area (Å²) < 4.78 is 5.96. The number of hydrogen-bond acceptors (Lipinski definition) is 5. The van der Waals surface area contributed by atoms with Crippen molar-refractivity contribution in [3.63, 3.8) is 0 Å². The van der Waals surface area contributed by atoms with Crippen LogP contribution in [0.3, 0.4) is 0 Å². The van der Waals surface area contributed by atoms with E-state index >= 15 is 0 Å². The van der Waals surface area contributed by atoms with Crippen LogP contribution in [0.5, 0.6) is 0 Å². The highest BCUT2D eigenvalue weighted by molar-refractivity contribution is 6.06. The number of carboxylic acid groups (broad SMARTS) is 1. The van der Waals surface area contributed by atoms with E-state index in [0.29, 0.717) is 36.6 Å². The van der Waals surface area contributed by atoms with Crippen molar-refractivity contribution >= 4 is 33.9 Å². The number of benzene rings is 1. The smallest absolute Gasteiger partial charge is 0.326 e. The number of para-hydroxylation sites is 1. The summed E-state index contributed by atoms with van der Waals surface area (Å²) in [4.78, 5) is 22.6. The van der Waals surface area contributed by atoms with Crippen molar-refractivity contribution in [3.05, 3.63) is 30.1 Å². The van der Waals surface area contributed by atoms with E-state index in [-0.39, 0.29) is 0 Å². The first-order valence-electron chi connectivity index (χ1n) is 7.86. The van der Waals surface area contributed by atoms with E-state index in [2.05, 4.69) is 9.97 Å². The Hall–Kier alpha value is -2.63. The lowest BCUT2D eigenvalue weighted by Crippen LogP contribution is -2.36.